The van der Waals surface area contributed by atoms with Gasteiger partial charge in [-0.3, -0.25) is 14.2 Å². The van der Waals surface area contributed by atoms with Gasteiger partial charge in [0, 0.05) is 18.2 Å². The van der Waals surface area contributed by atoms with Gasteiger partial charge in [0.05, 0.1) is 10.2 Å². The van der Waals surface area contributed by atoms with Crippen LogP contribution in [0.3, 0.4) is 0 Å². The molecule has 1 heterocycles. The molecule has 1 aromatic heterocycles. The van der Waals surface area contributed by atoms with Crippen LogP contribution in [0, 0.1) is 5.92 Å². The summed E-state index contributed by atoms with van der Waals surface area (Å²) >= 11 is 1.21. The molecule has 0 saturated heterocycles. The maximum atomic E-state index is 11.7. The monoisotopic (exact) mass is 264 g/mol. The van der Waals surface area contributed by atoms with E-state index in [9.17, 15) is 9.59 Å². The zero-order valence-corrected chi connectivity index (χ0v) is 11.5. The molecule has 1 aromatic carbocycles. The first-order valence-electron chi connectivity index (χ1n) is 5.97. The summed E-state index contributed by atoms with van der Waals surface area (Å²) in [5.41, 5.74) is 1.67. The van der Waals surface area contributed by atoms with Crippen molar-refractivity contribution >= 4 is 33.1 Å². The van der Waals surface area contributed by atoms with E-state index in [0.717, 1.165) is 15.9 Å². The highest BCUT2D eigenvalue weighted by atomic mass is 32.1. The summed E-state index contributed by atoms with van der Waals surface area (Å²) in [5.74, 6) is -0.0729. The van der Waals surface area contributed by atoms with Crippen molar-refractivity contribution < 1.29 is 4.79 Å². The lowest BCUT2D eigenvalue weighted by Crippen LogP contribution is -2.17. The Labute approximate surface area is 109 Å². The standard InChI is InChI=1S/C13H16N2O2S/c1-4-15-10-6-5-9(14-12(16)8(2)3)7-11(10)18-13(15)17/h5-8H,4H2,1-3H3,(H,14,16). The van der Waals surface area contributed by atoms with Crippen LogP contribution < -0.4 is 10.2 Å². The molecule has 5 heteroatoms. The molecule has 0 aliphatic carbocycles. The Bertz CT molecular complexity index is 640. The van der Waals surface area contributed by atoms with Crippen molar-refractivity contribution in [2.24, 2.45) is 5.92 Å². The highest BCUT2D eigenvalue weighted by molar-refractivity contribution is 7.16. The number of anilines is 1. The lowest BCUT2D eigenvalue weighted by atomic mass is 10.2. The van der Waals surface area contributed by atoms with Crippen LogP contribution in [0.4, 0.5) is 5.69 Å². The Balaban J connectivity index is 2.40. The van der Waals surface area contributed by atoms with Crippen LogP contribution in [-0.4, -0.2) is 10.5 Å². The number of nitrogens with zero attached hydrogens (tertiary/aromatic N) is 1. The first kappa shape index (κ1) is 12.8. The first-order valence-corrected chi connectivity index (χ1v) is 6.78. The minimum absolute atomic E-state index is 0.0170. The van der Waals surface area contributed by atoms with E-state index in [4.69, 9.17) is 0 Å². The van der Waals surface area contributed by atoms with Gasteiger partial charge in [0.1, 0.15) is 0 Å². The zero-order valence-electron chi connectivity index (χ0n) is 10.7. The number of aromatic nitrogens is 1. The molecule has 1 N–H and O–H groups in total. The normalized spacial score (nSPS) is 11.1. The third-order valence-electron chi connectivity index (χ3n) is 2.78. The van der Waals surface area contributed by atoms with Crippen LogP contribution in [0.25, 0.3) is 10.2 Å². The van der Waals surface area contributed by atoms with E-state index in [1.165, 1.54) is 11.3 Å². The summed E-state index contributed by atoms with van der Waals surface area (Å²) in [4.78, 5) is 23.3. The van der Waals surface area contributed by atoms with Crippen molar-refractivity contribution in [3.8, 4) is 0 Å². The quantitative estimate of drug-likeness (QED) is 0.926. The number of benzene rings is 1. The van der Waals surface area contributed by atoms with Crippen molar-refractivity contribution in [1.82, 2.24) is 4.57 Å². The van der Waals surface area contributed by atoms with Gasteiger partial charge in [0.2, 0.25) is 5.91 Å². The molecule has 0 aliphatic rings. The van der Waals surface area contributed by atoms with Gasteiger partial charge in [-0.1, -0.05) is 25.2 Å². The molecule has 0 atom stereocenters. The first-order chi connectivity index (χ1) is 8.52. The molecule has 0 aliphatic heterocycles. The third-order valence-corrected chi connectivity index (χ3v) is 3.72. The van der Waals surface area contributed by atoms with Crippen molar-refractivity contribution in [2.75, 3.05) is 5.32 Å². The highest BCUT2D eigenvalue weighted by Gasteiger charge is 2.10. The fraction of sp³-hybridized carbons (Fsp3) is 0.385. The summed E-state index contributed by atoms with van der Waals surface area (Å²) in [7, 11) is 0. The molecule has 2 rings (SSSR count). The van der Waals surface area contributed by atoms with E-state index < -0.39 is 0 Å². The van der Waals surface area contributed by atoms with Gasteiger partial charge in [-0.15, -0.1) is 0 Å². The molecule has 0 bridgehead atoms. The van der Waals surface area contributed by atoms with Crippen molar-refractivity contribution in [3.63, 3.8) is 0 Å². The van der Waals surface area contributed by atoms with Crippen molar-refractivity contribution in [2.45, 2.75) is 27.3 Å². The summed E-state index contributed by atoms with van der Waals surface area (Å²) in [6.07, 6.45) is 0. The van der Waals surface area contributed by atoms with Crippen molar-refractivity contribution in [3.05, 3.63) is 27.9 Å². The molecule has 0 unspecified atom stereocenters. The number of carbonyl (C=O) groups is 1. The number of fused-ring (bicyclic) bond motifs is 1. The van der Waals surface area contributed by atoms with E-state index in [2.05, 4.69) is 5.32 Å². The summed E-state index contributed by atoms with van der Waals surface area (Å²) in [5, 5.41) is 2.84. The van der Waals surface area contributed by atoms with Gasteiger partial charge in [0.15, 0.2) is 0 Å². The second-order valence-corrected chi connectivity index (χ2v) is 5.43. The summed E-state index contributed by atoms with van der Waals surface area (Å²) in [6, 6.07) is 5.57. The molecule has 2 aromatic rings. The topological polar surface area (TPSA) is 51.1 Å². The number of carbonyl (C=O) groups excluding carboxylic acids is 1. The summed E-state index contributed by atoms with van der Waals surface area (Å²) < 4.78 is 2.64. The van der Waals surface area contributed by atoms with Crippen LogP contribution in [0.2, 0.25) is 0 Å². The number of aryl methyl sites for hydroxylation is 1. The predicted octanol–water partition coefficient (Wildman–Crippen LogP) is 2.68. The van der Waals surface area contributed by atoms with Gasteiger partial charge >= 0.3 is 4.87 Å². The molecular formula is C13H16N2O2S. The van der Waals surface area contributed by atoms with Crippen LogP contribution in [0.5, 0.6) is 0 Å². The Kier molecular flexibility index (Phi) is 3.52. The Morgan fingerprint density at radius 2 is 2.17 bits per heavy atom. The molecule has 96 valence electrons. The molecule has 0 fully saturated rings. The lowest BCUT2D eigenvalue weighted by Gasteiger charge is -2.07. The van der Waals surface area contributed by atoms with E-state index in [1.54, 1.807) is 4.57 Å². The maximum Gasteiger partial charge on any atom is 0.308 e. The number of nitrogens with one attached hydrogen (secondary N) is 1. The second kappa shape index (κ2) is 4.94. The molecular weight excluding hydrogens is 248 g/mol. The average molecular weight is 264 g/mol. The molecule has 18 heavy (non-hydrogen) atoms. The maximum absolute atomic E-state index is 11.7. The van der Waals surface area contributed by atoms with Gasteiger partial charge in [-0.05, 0) is 25.1 Å². The average Bonchev–Trinajstić information content (AvgIpc) is 2.63. The predicted molar refractivity (Wildman–Crippen MR) is 75.2 cm³/mol. The number of hydrogen-bond acceptors (Lipinski definition) is 3. The largest absolute Gasteiger partial charge is 0.326 e. The fourth-order valence-electron chi connectivity index (χ4n) is 1.73. The van der Waals surface area contributed by atoms with Gasteiger partial charge in [-0.2, -0.15) is 0 Å². The fourth-order valence-corrected chi connectivity index (χ4v) is 2.72. The Hall–Kier alpha value is -1.62. The number of hydrogen-bond donors (Lipinski definition) is 1. The van der Waals surface area contributed by atoms with E-state index in [1.807, 2.05) is 39.0 Å². The van der Waals surface area contributed by atoms with Gasteiger partial charge in [-0.25, -0.2) is 0 Å². The minimum atomic E-state index is -0.0559. The molecule has 0 radical (unpaired) electrons. The van der Waals surface area contributed by atoms with Crippen LogP contribution in [0.1, 0.15) is 20.8 Å². The van der Waals surface area contributed by atoms with Crippen LogP contribution in [-0.2, 0) is 11.3 Å². The molecule has 0 saturated carbocycles. The summed E-state index contributed by atoms with van der Waals surface area (Å²) in [6.45, 7) is 6.30. The van der Waals surface area contributed by atoms with Crippen LogP contribution >= 0.6 is 11.3 Å². The second-order valence-electron chi connectivity index (χ2n) is 4.44. The lowest BCUT2D eigenvalue weighted by molar-refractivity contribution is -0.118. The third kappa shape index (κ3) is 2.31. The molecule has 0 spiro atoms. The SMILES string of the molecule is CCn1c(=O)sc2cc(NC(=O)C(C)C)ccc21. The minimum Gasteiger partial charge on any atom is -0.326 e. The molecule has 4 nitrogen and oxygen atoms in total. The van der Waals surface area contributed by atoms with E-state index in [0.29, 0.717) is 6.54 Å². The van der Waals surface area contributed by atoms with E-state index >= 15 is 0 Å². The number of rotatable bonds is 3. The van der Waals surface area contributed by atoms with Gasteiger partial charge < -0.3 is 5.32 Å². The Morgan fingerprint density at radius 3 is 2.78 bits per heavy atom. The number of amides is 1. The van der Waals surface area contributed by atoms with E-state index in [-0.39, 0.29) is 16.7 Å². The number of thiazole rings is 1. The highest BCUT2D eigenvalue weighted by Crippen LogP contribution is 2.22. The van der Waals surface area contributed by atoms with Crippen LogP contribution in [0.15, 0.2) is 23.0 Å². The zero-order chi connectivity index (χ0) is 13.3. The Morgan fingerprint density at radius 1 is 1.44 bits per heavy atom. The smallest absolute Gasteiger partial charge is 0.308 e. The molecule has 1 amide bonds. The van der Waals surface area contributed by atoms with Gasteiger partial charge in [0.25, 0.3) is 0 Å². The van der Waals surface area contributed by atoms with Crippen molar-refractivity contribution in [1.29, 1.82) is 0 Å².